The molecule has 1 aromatic heterocycles. The number of halogens is 1. The zero-order chi connectivity index (χ0) is 11.7. The van der Waals surface area contributed by atoms with Crippen molar-refractivity contribution < 1.29 is 4.79 Å². The molecule has 1 heterocycles. The summed E-state index contributed by atoms with van der Waals surface area (Å²) in [5.74, 6) is -0.0456. The van der Waals surface area contributed by atoms with E-state index in [0.29, 0.717) is 12.2 Å². The van der Waals surface area contributed by atoms with Crippen molar-refractivity contribution in [2.45, 2.75) is 6.92 Å². The Labute approximate surface area is 107 Å². The van der Waals surface area contributed by atoms with Gasteiger partial charge in [0.15, 0.2) is 5.69 Å². The fourth-order valence-corrected chi connectivity index (χ4v) is 1.96. The summed E-state index contributed by atoms with van der Waals surface area (Å²) < 4.78 is 1.10. The zero-order valence-corrected chi connectivity index (χ0v) is 11.3. The summed E-state index contributed by atoms with van der Waals surface area (Å²) in [7, 11) is 1.77. The summed E-state index contributed by atoms with van der Waals surface area (Å²) in [5, 5.41) is 7.85. The summed E-state index contributed by atoms with van der Waals surface area (Å²) in [4.78, 5) is 13.7. The smallest absolute Gasteiger partial charge is 0.274 e. The summed E-state index contributed by atoms with van der Waals surface area (Å²) in [6, 6.07) is 5.89. The number of amides is 1. The maximum Gasteiger partial charge on any atom is 0.274 e. The van der Waals surface area contributed by atoms with E-state index in [1.165, 1.54) is 0 Å². The van der Waals surface area contributed by atoms with Crippen LogP contribution in [0.4, 0.5) is 0 Å². The second-order valence-corrected chi connectivity index (χ2v) is 4.83. The van der Waals surface area contributed by atoms with Crippen molar-refractivity contribution in [1.82, 2.24) is 15.1 Å². The zero-order valence-electron chi connectivity index (χ0n) is 9.12. The van der Waals surface area contributed by atoms with E-state index in [4.69, 9.17) is 0 Å². The number of fused-ring (bicyclic) bond motifs is 1. The molecule has 84 valence electrons. The number of aromatic nitrogens is 2. The van der Waals surface area contributed by atoms with Gasteiger partial charge in [-0.15, -0.1) is 0 Å². The number of H-pyrrole nitrogens is 1. The molecule has 4 nitrogen and oxygen atoms in total. The summed E-state index contributed by atoms with van der Waals surface area (Å²) in [6.07, 6.45) is 0. The van der Waals surface area contributed by atoms with Crippen LogP contribution in [-0.2, 0) is 0 Å². The van der Waals surface area contributed by atoms with Gasteiger partial charge in [0.1, 0.15) is 0 Å². The van der Waals surface area contributed by atoms with Crippen LogP contribution >= 0.6 is 22.6 Å². The number of carbonyl (C=O) groups excluding carboxylic acids is 1. The molecule has 2 aromatic rings. The second-order valence-electron chi connectivity index (χ2n) is 3.58. The Morgan fingerprint density at radius 2 is 2.31 bits per heavy atom. The molecule has 0 saturated heterocycles. The maximum atomic E-state index is 12.0. The van der Waals surface area contributed by atoms with Crippen molar-refractivity contribution in [1.29, 1.82) is 0 Å². The van der Waals surface area contributed by atoms with Gasteiger partial charge in [0.2, 0.25) is 0 Å². The van der Waals surface area contributed by atoms with Crippen molar-refractivity contribution in [3.8, 4) is 0 Å². The molecule has 0 unspecified atom stereocenters. The number of nitrogens with zero attached hydrogens (tertiary/aromatic N) is 2. The summed E-state index contributed by atoms with van der Waals surface area (Å²) >= 11 is 2.23. The van der Waals surface area contributed by atoms with Gasteiger partial charge in [0.05, 0.1) is 5.52 Å². The first kappa shape index (κ1) is 11.4. The molecular formula is C11H12IN3O. The molecule has 1 aromatic carbocycles. The average Bonchev–Trinajstić information content (AvgIpc) is 2.69. The lowest BCUT2D eigenvalue weighted by molar-refractivity contribution is 0.0798. The molecule has 0 aliphatic rings. The molecule has 0 saturated carbocycles. The van der Waals surface area contributed by atoms with Crippen molar-refractivity contribution >= 4 is 39.4 Å². The average molecular weight is 329 g/mol. The fourth-order valence-electron chi connectivity index (χ4n) is 1.47. The normalized spacial score (nSPS) is 10.7. The van der Waals surface area contributed by atoms with Crippen LogP contribution < -0.4 is 0 Å². The molecule has 0 aliphatic carbocycles. The molecule has 1 amide bonds. The fraction of sp³-hybridized carbons (Fsp3) is 0.273. The minimum absolute atomic E-state index is 0.0456. The topological polar surface area (TPSA) is 49.0 Å². The lowest BCUT2D eigenvalue weighted by Crippen LogP contribution is -2.26. The molecular weight excluding hydrogens is 317 g/mol. The van der Waals surface area contributed by atoms with Crippen LogP contribution in [0.3, 0.4) is 0 Å². The standard InChI is InChI=1S/C11H12IN3O/c1-3-15(2)11(16)10-8-6-7(12)4-5-9(8)13-14-10/h4-6H,3H2,1-2H3,(H,13,14). The van der Waals surface area contributed by atoms with E-state index in [1.54, 1.807) is 11.9 Å². The van der Waals surface area contributed by atoms with Crippen LogP contribution in [0.15, 0.2) is 18.2 Å². The Morgan fingerprint density at radius 3 is 3.00 bits per heavy atom. The van der Waals surface area contributed by atoms with Crippen molar-refractivity contribution in [3.05, 3.63) is 27.5 Å². The van der Waals surface area contributed by atoms with Crippen molar-refractivity contribution in [2.75, 3.05) is 13.6 Å². The second kappa shape index (κ2) is 4.40. The Bertz CT molecular complexity index is 535. The number of nitrogens with one attached hydrogen (secondary N) is 1. The first-order valence-corrected chi connectivity index (χ1v) is 6.10. The number of hydrogen-bond acceptors (Lipinski definition) is 2. The largest absolute Gasteiger partial charge is 0.341 e. The van der Waals surface area contributed by atoms with Gasteiger partial charge in [-0.3, -0.25) is 9.89 Å². The molecule has 0 radical (unpaired) electrons. The van der Waals surface area contributed by atoms with Crippen LogP contribution in [0.25, 0.3) is 10.9 Å². The third-order valence-electron chi connectivity index (χ3n) is 2.55. The molecule has 0 atom stereocenters. The summed E-state index contributed by atoms with van der Waals surface area (Å²) in [6.45, 7) is 2.62. The SMILES string of the molecule is CCN(C)C(=O)c1n[nH]c2ccc(I)cc12. The van der Waals surface area contributed by atoms with E-state index in [-0.39, 0.29) is 5.91 Å². The highest BCUT2D eigenvalue weighted by Crippen LogP contribution is 2.19. The number of benzene rings is 1. The molecule has 0 aliphatic heterocycles. The highest BCUT2D eigenvalue weighted by atomic mass is 127. The monoisotopic (exact) mass is 329 g/mol. The maximum absolute atomic E-state index is 12.0. The van der Waals surface area contributed by atoms with Gasteiger partial charge < -0.3 is 4.90 Å². The third kappa shape index (κ3) is 1.91. The Hall–Kier alpha value is -1.11. The number of hydrogen-bond donors (Lipinski definition) is 1. The quantitative estimate of drug-likeness (QED) is 0.860. The number of rotatable bonds is 2. The van der Waals surface area contributed by atoms with E-state index in [1.807, 2.05) is 25.1 Å². The highest BCUT2D eigenvalue weighted by Gasteiger charge is 2.16. The van der Waals surface area contributed by atoms with Crippen LogP contribution in [0.2, 0.25) is 0 Å². The molecule has 2 rings (SSSR count). The van der Waals surface area contributed by atoms with Gasteiger partial charge >= 0.3 is 0 Å². The van der Waals surface area contributed by atoms with Gasteiger partial charge in [0.25, 0.3) is 5.91 Å². The molecule has 1 N–H and O–H groups in total. The van der Waals surface area contributed by atoms with Crippen molar-refractivity contribution in [2.24, 2.45) is 0 Å². The van der Waals surface area contributed by atoms with Gasteiger partial charge in [-0.25, -0.2) is 0 Å². The van der Waals surface area contributed by atoms with E-state index in [0.717, 1.165) is 14.5 Å². The van der Waals surface area contributed by atoms with Gasteiger partial charge in [-0.1, -0.05) is 0 Å². The van der Waals surface area contributed by atoms with Crippen LogP contribution in [-0.4, -0.2) is 34.6 Å². The van der Waals surface area contributed by atoms with E-state index >= 15 is 0 Å². The highest BCUT2D eigenvalue weighted by molar-refractivity contribution is 14.1. The van der Waals surface area contributed by atoms with E-state index in [2.05, 4.69) is 32.8 Å². The van der Waals surface area contributed by atoms with Crippen LogP contribution in [0, 0.1) is 3.57 Å². The van der Waals surface area contributed by atoms with E-state index in [9.17, 15) is 4.79 Å². The molecule has 0 fully saturated rings. The lowest BCUT2D eigenvalue weighted by atomic mass is 10.2. The number of aromatic amines is 1. The lowest BCUT2D eigenvalue weighted by Gasteiger charge is -2.12. The first-order chi connectivity index (χ1) is 7.63. The summed E-state index contributed by atoms with van der Waals surface area (Å²) in [5.41, 5.74) is 1.39. The predicted molar refractivity (Wildman–Crippen MR) is 71.4 cm³/mol. The minimum Gasteiger partial charge on any atom is -0.341 e. The minimum atomic E-state index is -0.0456. The Morgan fingerprint density at radius 1 is 1.56 bits per heavy atom. The van der Waals surface area contributed by atoms with Gasteiger partial charge in [-0.2, -0.15) is 5.10 Å². The first-order valence-electron chi connectivity index (χ1n) is 5.02. The van der Waals surface area contributed by atoms with Gasteiger partial charge in [0, 0.05) is 22.5 Å². The number of carbonyl (C=O) groups is 1. The Kier molecular flexibility index (Phi) is 3.13. The molecule has 0 bridgehead atoms. The Balaban J connectivity index is 2.53. The van der Waals surface area contributed by atoms with Crippen molar-refractivity contribution in [3.63, 3.8) is 0 Å². The van der Waals surface area contributed by atoms with Gasteiger partial charge in [-0.05, 0) is 47.7 Å². The molecule has 5 heteroatoms. The third-order valence-corrected chi connectivity index (χ3v) is 3.22. The molecule has 16 heavy (non-hydrogen) atoms. The molecule has 0 spiro atoms. The van der Waals surface area contributed by atoms with E-state index < -0.39 is 0 Å². The predicted octanol–water partition coefficient (Wildman–Crippen LogP) is 2.26. The van der Waals surface area contributed by atoms with Crippen LogP contribution in [0.5, 0.6) is 0 Å². The van der Waals surface area contributed by atoms with Crippen LogP contribution in [0.1, 0.15) is 17.4 Å².